The Bertz CT molecular complexity index is 290. The molecule has 2 atom stereocenters. The van der Waals surface area contributed by atoms with Crippen LogP contribution in [0.15, 0.2) is 24.5 Å². The van der Waals surface area contributed by atoms with Gasteiger partial charge in [0.2, 0.25) is 0 Å². The van der Waals surface area contributed by atoms with Crippen LogP contribution in [0.1, 0.15) is 11.6 Å². The molecule has 0 bridgehead atoms. The van der Waals surface area contributed by atoms with Gasteiger partial charge in [0.05, 0.1) is 18.8 Å². The van der Waals surface area contributed by atoms with Crippen LogP contribution in [0.2, 0.25) is 0 Å². The Morgan fingerprint density at radius 2 is 2.60 bits per heavy atom. The van der Waals surface area contributed by atoms with Gasteiger partial charge in [0.1, 0.15) is 0 Å². The third kappa shape index (κ3) is 2.69. The van der Waals surface area contributed by atoms with Crippen LogP contribution in [0.4, 0.5) is 0 Å². The quantitative estimate of drug-likeness (QED) is 0.586. The summed E-state index contributed by atoms with van der Waals surface area (Å²) >= 11 is 1.90. The van der Waals surface area contributed by atoms with Gasteiger partial charge in [-0.3, -0.25) is 16.3 Å². The molecular weight excluding hydrogens is 210 g/mol. The molecule has 2 rings (SSSR count). The topological polar surface area (TPSA) is 60.2 Å². The van der Waals surface area contributed by atoms with Crippen LogP contribution in [-0.4, -0.2) is 29.2 Å². The van der Waals surface area contributed by atoms with Crippen molar-refractivity contribution in [3.05, 3.63) is 30.1 Å². The molecule has 0 aliphatic carbocycles. The summed E-state index contributed by atoms with van der Waals surface area (Å²) in [5, 5.41) is 0. The SMILES string of the molecule is NNC(c1cccnc1)C1CSCCO1. The summed E-state index contributed by atoms with van der Waals surface area (Å²) in [5.41, 5.74) is 3.89. The van der Waals surface area contributed by atoms with E-state index in [1.165, 1.54) is 0 Å². The van der Waals surface area contributed by atoms with Crippen molar-refractivity contribution in [1.82, 2.24) is 10.4 Å². The standard InChI is InChI=1S/C10H15N3OS/c11-13-10(8-2-1-3-12-6-8)9-7-15-5-4-14-9/h1-3,6,9-10,13H,4-5,7,11H2. The van der Waals surface area contributed by atoms with Gasteiger partial charge >= 0.3 is 0 Å². The smallest absolute Gasteiger partial charge is 0.0873 e. The fourth-order valence-electron chi connectivity index (χ4n) is 1.68. The predicted molar refractivity (Wildman–Crippen MR) is 61.4 cm³/mol. The number of nitrogens with zero attached hydrogens (tertiary/aromatic N) is 1. The second-order valence-electron chi connectivity index (χ2n) is 3.41. The van der Waals surface area contributed by atoms with Gasteiger partial charge in [-0.05, 0) is 11.6 Å². The molecule has 1 aliphatic heterocycles. The summed E-state index contributed by atoms with van der Waals surface area (Å²) in [6.07, 6.45) is 3.72. The molecule has 4 nitrogen and oxygen atoms in total. The zero-order valence-corrected chi connectivity index (χ0v) is 9.24. The summed E-state index contributed by atoms with van der Waals surface area (Å²) in [7, 11) is 0. The average Bonchev–Trinajstić information content (AvgIpc) is 2.33. The van der Waals surface area contributed by atoms with Crippen molar-refractivity contribution in [2.45, 2.75) is 12.1 Å². The molecular formula is C10H15N3OS. The number of thioether (sulfide) groups is 1. The van der Waals surface area contributed by atoms with Crippen LogP contribution in [0.3, 0.4) is 0 Å². The number of rotatable bonds is 3. The zero-order valence-electron chi connectivity index (χ0n) is 8.43. The molecule has 5 heteroatoms. The number of pyridine rings is 1. The number of hydrogen-bond donors (Lipinski definition) is 2. The maximum atomic E-state index is 5.69. The highest BCUT2D eigenvalue weighted by Crippen LogP contribution is 2.24. The molecule has 0 radical (unpaired) electrons. The van der Waals surface area contributed by atoms with Crippen molar-refractivity contribution < 1.29 is 4.74 Å². The number of nitrogens with one attached hydrogen (secondary N) is 1. The van der Waals surface area contributed by atoms with E-state index in [4.69, 9.17) is 10.6 Å². The Labute approximate surface area is 93.6 Å². The average molecular weight is 225 g/mol. The number of nitrogens with two attached hydrogens (primary N) is 1. The van der Waals surface area contributed by atoms with E-state index in [0.29, 0.717) is 0 Å². The van der Waals surface area contributed by atoms with E-state index in [1.54, 1.807) is 6.20 Å². The Morgan fingerprint density at radius 1 is 1.67 bits per heavy atom. The van der Waals surface area contributed by atoms with Crippen LogP contribution >= 0.6 is 11.8 Å². The van der Waals surface area contributed by atoms with Crippen LogP contribution in [0.5, 0.6) is 0 Å². The number of hydrazine groups is 1. The van der Waals surface area contributed by atoms with Gasteiger partial charge in [0.15, 0.2) is 0 Å². The maximum Gasteiger partial charge on any atom is 0.0873 e. The fraction of sp³-hybridized carbons (Fsp3) is 0.500. The molecule has 2 unspecified atom stereocenters. The first-order valence-corrected chi connectivity index (χ1v) is 6.12. The van der Waals surface area contributed by atoms with E-state index in [0.717, 1.165) is 23.7 Å². The first-order valence-electron chi connectivity index (χ1n) is 4.97. The first kappa shape index (κ1) is 10.9. The molecule has 82 valence electrons. The molecule has 1 aromatic heterocycles. The lowest BCUT2D eigenvalue weighted by Crippen LogP contribution is -2.41. The van der Waals surface area contributed by atoms with E-state index in [9.17, 15) is 0 Å². The molecule has 0 saturated carbocycles. The highest BCUT2D eigenvalue weighted by atomic mass is 32.2. The number of aromatic nitrogens is 1. The van der Waals surface area contributed by atoms with Crippen LogP contribution < -0.4 is 11.3 Å². The lowest BCUT2D eigenvalue weighted by Gasteiger charge is -2.29. The van der Waals surface area contributed by atoms with Crippen molar-refractivity contribution >= 4 is 11.8 Å². The molecule has 1 fully saturated rings. The minimum atomic E-state index is 0.0338. The minimum absolute atomic E-state index is 0.0338. The molecule has 2 heterocycles. The Balaban J connectivity index is 2.09. The molecule has 1 aliphatic rings. The normalized spacial score (nSPS) is 23.7. The van der Waals surface area contributed by atoms with Crippen molar-refractivity contribution in [2.75, 3.05) is 18.1 Å². The second kappa shape index (κ2) is 5.46. The van der Waals surface area contributed by atoms with Crippen molar-refractivity contribution in [1.29, 1.82) is 0 Å². The zero-order chi connectivity index (χ0) is 10.5. The molecule has 1 aromatic rings. The molecule has 0 amide bonds. The van der Waals surface area contributed by atoms with Gasteiger partial charge in [0.25, 0.3) is 0 Å². The highest BCUT2D eigenvalue weighted by molar-refractivity contribution is 7.99. The van der Waals surface area contributed by atoms with Crippen LogP contribution in [0.25, 0.3) is 0 Å². The van der Waals surface area contributed by atoms with Gasteiger partial charge in [-0.2, -0.15) is 11.8 Å². The third-order valence-electron chi connectivity index (χ3n) is 2.44. The lowest BCUT2D eigenvalue weighted by molar-refractivity contribution is 0.0467. The van der Waals surface area contributed by atoms with Gasteiger partial charge in [-0.1, -0.05) is 6.07 Å². The third-order valence-corrected chi connectivity index (χ3v) is 3.46. The predicted octanol–water partition coefficient (Wildman–Crippen LogP) is 0.718. The molecule has 1 saturated heterocycles. The molecule has 0 spiro atoms. The molecule has 3 N–H and O–H groups in total. The summed E-state index contributed by atoms with van der Waals surface area (Å²) in [5.74, 6) is 7.61. The Kier molecular flexibility index (Phi) is 3.96. The minimum Gasteiger partial charge on any atom is -0.374 e. The van der Waals surface area contributed by atoms with Gasteiger partial charge in [0, 0.05) is 23.9 Å². The summed E-state index contributed by atoms with van der Waals surface area (Å²) in [6, 6.07) is 3.96. The van der Waals surface area contributed by atoms with E-state index < -0.39 is 0 Å². The number of hydrogen-bond acceptors (Lipinski definition) is 5. The monoisotopic (exact) mass is 225 g/mol. The molecule has 15 heavy (non-hydrogen) atoms. The van der Waals surface area contributed by atoms with E-state index in [2.05, 4.69) is 10.4 Å². The summed E-state index contributed by atoms with van der Waals surface area (Å²) in [6.45, 7) is 0.799. The Hall–Kier alpha value is -0.620. The lowest BCUT2D eigenvalue weighted by atomic mass is 10.1. The highest BCUT2D eigenvalue weighted by Gasteiger charge is 2.25. The largest absolute Gasteiger partial charge is 0.374 e. The van der Waals surface area contributed by atoms with Crippen molar-refractivity contribution in [3.63, 3.8) is 0 Å². The van der Waals surface area contributed by atoms with Crippen LogP contribution in [0, 0.1) is 0 Å². The van der Waals surface area contributed by atoms with Gasteiger partial charge < -0.3 is 4.74 Å². The van der Waals surface area contributed by atoms with Crippen LogP contribution in [-0.2, 0) is 4.74 Å². The van der Waals surface area contributed by atoms with E-state index >= 15 is 0 Å². The summed E-state index contributed by atoms with van der Waals surface area (Å²) in [4.78, 5) is 4.09. The number of ether oxygens (including phenoxy) is 1. The second-order valence-corrected chi connectivity index (χ2v) is 4.56. The maximum absolute atomic E-state index is 5.69. The van der Waals surface area contributed by atoms with Crippen molar-refractivity contribution in [2.24, 2.45) is 5.84 Å². The van der Waals surface area contributed by atoms with Gasteiger partial charge in [-0.25, -0.2) is 0 Å². The molecule has 0 aromatic carbocycles. The van der Waals surface area contributed by atoms with E-state index in [1.807, 2.05) is 30.1 Å². The van der Waals surface area contributed by atoms with Gasteiger partial charge in [-0.15, -0.1) is 0 Å². The van der Waals surface area contributed by atoms with E-state index in [-0.39, 0.29) is 12.1 Å². The Morgan fingerprint density at radius 3 is 3.20 bits per heavy atom. The first-order chi connectivity index (χ1) is 7.42. The fourth-order valence-corrected chi connectivity index (χ4v) is 2.58. The summed E-state index contributed by atoms with van der Waals surface area (Å²) < 4.78 is 5.69. The van der Waals surface area contributed by atoms with Crippen molar-refractivity contribution in [3.8, 4) is 0 Å².